The SMILES string of the molecule is O=C(NCc1cc2cc3c(cc2[nH]c1=O)OCCO3)c1ccncc1. The van der Waals surface area contributed by atoms with Crippen molar-refractivity contribution < 1.29 is 14.3 Å². The van der Waals surface area contributed by atoms with E-state index in [0.717, 1.165) is 5.39 Å². The Morgan fingerprint density at radius 3 is 2.60 bits per heavy atom. The maximum atomic E-state index is 12.3. The van der Waals surface area contributed by atoms with Gasteiger partial charge in [-0.25, -0.2) is 0 Å². The summed E-state index contributed by atoms with van der Waals surface area (Å²) in [5.74, 6) is 1.01. The van der Waals surface area contributed by atoms with Crippen LogP contribution in [-0.2, 0) is 6.54 Å². The zero-order chi connectivity index (χ0) is 17.2. The standard InChI is InChI=1S/C18H15N3O4/c22-17(11-1-3-19-4-2-11)20-10-13-7-12-8-15-16(25-6-5-24-15)9-14(12)21-18(13)23/h1-4,7-9H,5-6,10H2,(H,20,22)(H,21,23). The lowest BCUT2D eigenvalue weighted by Crippen LogP contribution is -2.26. The lowest BCUT2D eigenvalue weighted by Gasteiger charge is -2.18. The largest absolute Gasteiger partial charge is 0.486 e. The molecule has 0 saturated heterocycles. The fraction of sp³-hybridized carbons (Fsp3) is 0.167. The number of aromatic amines is 1. The summed E-state index contributed by atoms with van der Waals surface area (Å²) in [6, 6.07) is 8.56. The highest BCUT2D eigenvalue weighted by atomic mass is 16.6. The molecule has 2 N–H and O–H groups in total. The van der Waals surface area contributed by atoms with E-state index in [1.807, 2.05) is 6.07 Å². The van der Waals surface area contributed by atoms with Gasteiger partial charge in [-0.05, 0) is 24.3 Å². The Morgan fingerprint density at radius 2 is 1.84 bits per heavy atom. The molecule has 1 amide bonds. The Balaban J connectivity index is 1.60. The van der Waals surface area contributed by atoms with Crippen LogP contribution in [-0.4, -0.2) is 29.1 Å². The molecule has 0 bridgehead atoms. The molecule has 7 heteroatoms. The van der Waals surface area contributed by atoms with Gasteiger partial charge in [-0.2, -0.15) is 0 Å². The third-order valence-corrected chi connectivity index (χ3v) is 3.97. The normalized spacial score (nSPS) is 12.8. The highest BCUT2D eigenvalue weighted by molar-refractivity contribution is 5.94. The molecule has 2 aromatic heterocycles. The zero-order valence-electron chi connectivity index (χ0n) is 13.2. The summed E-state index contributed by atoms with van der Waals surface area (Å²) in [6.07, 6.45) is 3.09. The number of nitrogens with one attached hydrogen (secondary N) is 2. The Hall–Kier alpha value is -3.35. The van der Waals surface area contributed by atoms with Crippen LogP contribution in [0.1, 0.15) is 15.9 Å². The Labute approximate surface area is 142 Å². The molecular weight excluding hydrogens is 322 g/mol. The van der Waals surface area contributed by atoms with Crippen LogP contribution in [0.3, 0.4) is 0 Å². The molecule has 1 aliphatic heterocycles. The number of carbonyl (C=O) groups is 1. The molecule has 1 aromatic carbocycles. The first-order valence-electron chi connectivity index (χ1n) is 7.84. The molecule has 0 unspecified atom stereocenters. The fourth-order valence-electron chi connectivity index (χ4n) is 2.70. The summed E-state index contributed by atoms with van der Waals surface area (Å²) in [5, 5.41) is 3.56. The topological polar surface area (TPSA) is 93.3 Å². The van der Waals surface area contributed by atoms with Gasteiger partial charge >= 0.3 is 0 Å². The number of hydrogen-bond donors (Lipinski definition) is 2. The van der Waals surface area contributed by atoms with Crippen LogP contribution in [0.4, 0.5) is 0 Å². The third-order valence-electron chi connectivity index (χ3n) is 3.97. The number of carbonyl (C=O) groups excluding carboxylic acids is 1. The molecule has 25 heavy (non-hydrogen) atoms. The third kappa shape index (κ3) is 3.03. The quantitative estimate of drug-likeness (QED) is 0.758. The van der Waals surface area contributed by atoms with Crippen molar-refractivity contribution in [1.82, 2.24) is 15.3 Å². The van der Waals surface area contributed by atoms with Crippen LogP contribution in [0, 0.1) is 0 Å². The molecule has 0 atom stereocenters. The number of H-pyrrole nitrogens is 1. The van der Waals surface area contributed by atoms with Gasteiger partial charge in [-0.15, -0.1) is 0 Å². The molecule has 0 spiro atoms. The van der Waals surface area contributed by atoms with Crippen LogP contribution >= 0.6 is 0 Å². The zero-order valence-corrected chi connectivity index (χ0v) is 13.2. The average molecular weight is 337 g/mol. The van der Waals surface area contributed by atoms with Crippen molar-refractivity contribution in [3.63, 3.8) is 0 Å². The number of benzene rings is 1. The van der Waals surface area contributed by atoms with E-state index in [1.54, 1.807) is 36.7 Å². The minimum atomic E-state index is -0.260. The van der Waals surface area contributed by atoms with Crippen LogP contribution in [0.15, 0.2) is 47.5 Å². The van der Waals surface area contributed by atoms with Gasteiger partial charge in [0.15, 0.2) is 11.5 Å². The van der Waals surface area contributed by atoms with Gasteiger partial charge in [-0.1, -0.05) is 0 Å². The number of pyridine rings is 2. The smallest absolute Gasteiger partial charge is 0.253 e. The van der Waals surface area contributed by atoms with Gasteiger partial charge in [0, 0.05) is 41.5 Å². The van der Waals surface area contributed by atoms with Crippen molar-refractivity contribution in [2.45, 2.75) is 6.54 Å². The van der Waals surface area contributed by atoms with Gasteiger partial charge < -0.3 is 19.8 Å². The fourth-order valence-corrected chi connectivity index (χ4v) is 2.70. The van der Waals surface area contributed by atoms with Crippen molar-refractivity contribution in [3.8, 4) is 11.5 Å². The second-order valence-electron chi connectivity index (χ2n) is 5.63. The van der Waals surface area contributed by atoms with E-state index in [1.165, 1.54) is 0 Å². The first kappa shape index (κ1) is 15.2. The van der Waals surface area contributed by atoms with Crippen molar-refractivity contribution in [2.75, 3.05) is 13.2 Å². The lowest BCUT2D eigenvalue weighted by atomic mass is 10.1. The Morgan fingerprint density at radius 1 is 1.12 bits per heavy atom. The van der Waals surface area contributed by atoms with Gasteiger partial charge in [-0.3, -0.25) is 14.6 Å². The molecular formula is C18H15N3O4. The van der Waals surface area contributed by atoms with Crippen LogP contribution < -0.4 is 20.3 Å². The first-order chi connectivity index (χ1) is 12.2. The maximum absolute atomic E-state index is 12.3. The number of aromatic nitrogens is 2. The lowest BCUT2D eigenvalue weighted by molar-refractivity contribution is 0.0950. The molecule has 3 aromatic rings. The van der Waals surface area contributed by atoms with E-state index < -0.39 is 0 Å². The van der Waals surface area contributed by atoms with Crippen molar-refractivity contribution in [1.29, 1.82) is 0 Å². The van der Waals surface area contributed by atoms with Gasteiger partial charge in [0.2, 0.25) is 0 Å². The van der Waals surface area contributed by atoms with Gasteiger partial charge in [0.25, 0.3) is 11.5 Å². The second kappa shape index (κ2) is 6.27. The minimum absolute atomic E-state index is 0.126. The number of amides is 1. The Bertz CT molecular complexity index is 998. The molecule has 0 fully saturated rings. The van der Waals surface area contributed by atoms with E-state index in [9.17, 15) is 9.59 Å². The molecule has 0 radical (unpaired) electrons. The highest BCUT2D eigenvalue weighted by Gasteiger charge is 2.14. The number of fused-ring (bicyclic) bond motifs is 2. The number of hydrogen-bond acceptors (Lipinski definition) is 5. The van der Waals surface area contributed by atoms with Crippen molar-refractivity contribution >= 4 is 16.8 Å². The van der Waals surface area contributed by atoms with Crippen molar-refractivity contribution in [2.24, 2.45) is 0 Å². The van der Waals surface area contributed by atoms with E-state index >= 15 is 0 Å². The summed E-state index contributed by atoms with van der Waals surface area (Å²) in [5.41, 5.74) is 1.37. The van der Waals surface area contributed by atoms with E-state index in [-0.39, 0.29) is 18.0 Å². The van der Waals surface area contributed by atoms with Crippen LogP contribution in [0.5, 0.6) is 11.5 Å². The highest BCUT2D eigenvalue weighted by Crippen LogP contribution is 2.33. The van der Waals surface area contributed by atoms with E-state index in [0.29, 0.717) is 41.4 Å². The molecule has 4 rings (SSSR count). The monoisotopic (exact) mass is 337 g/mol. The molecule has 0 saturated carbocycles. The molecule has 126 valence electrons. The molecule has 1 aliphatic rings. The number of nitrogens with zero attached hydrogens (tertiary/aromatic N) is 1. The summed E-state index contributed by atoms with van der Waals surface area (Å²) in [7, 11) is 0. The summed E-state index contributed by atoms with van der Waals surface area (Å²) >= 11 is 0. The maximum Gasteiger partial charge on any atom is 0.253 e. The predicted octanol–water partition coefficient (Wildman–Crippen LogP) is 1.62. The molecule has 3 heterocycles. The minimum Gasteiger partial charge on any atom is -0.486 e. The predicted molar refractivity (Wildman–Crippen MR) is 91.0 cm³/mol. The molecule has 0 aliphatic carbocycles. The average Bonchev–Trinajstić information content (AvgIpc) is 2.65. The Kier molecular flexibility index (Phi) is 3.81. The summed E-state index contributed by atoms with van der Waals surface area (Å²) < 4.78 is 11.1. The van der Waals surface area contributed by atoms with Crippen LogP contribution in [0.25, 0.3) is 10.9 Å². The summed E-state index contributed by atoms with van der Waals surface area (Å²) in [6.45, 7) is 1.11. The molecule has 7 nitrogen and oxygen atoms in total. The van der Waals surface area contributed by atoms with E-state index in [4.69, 9.17) is 9.47 Å². The van der Waals surface area contributed by atoms with E-state index in [2.05, 4.69) is 15.3 Å². The van der Waals surface area contributed by atoms with Crippen molar-refractivity contribution in [3.05, 3.63) is 64.2 Å². The first-order valence-corrected chi connectivity index (χ1v) is 7.84. The summed E-state index contributed by atoms with van der Waals surface area (Å²) in [4.78, 5) is 31.1. The van der Waals surface area contributed by atoms with Crippen LogP contribution in [0.2, 0.25) is 0 Å². The van der Waals surface area contributed by atoms with Gasteiger partial charge in [0.1, 0.15) is 13.2 Å². The van der Waals surface area contributed by atoms with Gasteiger partial charge in [0.05, 0.1) is 5.52 Å². The number of rotatable bonds is 3. The second-order valence-corrected chi connectivity index (χ2v) is 5.63. The number of ether oxygens (including phenoxy) is 2.